The molecule has 0 radical (unpaired) electrons. The number of ether oxygens (including phenoxy) is 2. The fraction of sp³-hybridized carbons (Fsp3) is 0.176. The molecule has 8 nitrogen and oxygen atoms in total. The molecular weight excluding hydrogens is 356 g/mol. The summed E-state index contributed by atoms with van der Waals surface area (Å²) in [6.45, 7) is 0. The molecule has 0 atom stereocenters. The highest BCUT2D eigenvalue weighted by atomic mass is 32.2. The molecule has 0 saturated heterocycles. The number of hydrogen-bond acceptors (Lipinski definition) is 7. The zero-order valence-electron chi connectivity index (χ0n) is 14.3. The molecule has 2 rings (SSSR count). The van der Waals surface area contributed by atoms with Gasteiger partial charge in [0.05, 0.1) is 31.4 Å². The van der Waals surface area contributed by atoms with Gasteiger partial charge in [0.25, 0.3) is 0 Å². The van der Waals surface area contributed by atoms with Crippen LogP contribution in [0.15, 0.2) is 52.7 Å². The molecule has 0 aliphatic heterocycles. The number of thioether (sulfide) groups is 1. The second kappa shape index (κ2) is 9.42. The van der Waals surface area contributed by atoms with Gasteiger partial charge in [-0.3, -0.25) is 10.1 Å². The van der Waals surface area contributed by atoms with E-state index in [2.05, 4.69) is 10.2 Å². The van der Waals surface area contributed by atoms with Gasteiger partial charge in [0, 0.05) is 11.3 Å². The van der Waals surface area contributed by atoms with Crippen molar-refractivity contribution in [3.8, 4) is 11.5 Å². The van der Waals surface area contributed by atoms with E-state index in [-0.39, 0.29) is 17.2 Å². The van der Waals surface area contributed by atoms with Crippen LogP contribution in [-0.2, 0) is 5.75 Å². The van der Waals surface area contributed by atoms with Gasteiger partial charge in [0.15, 0.2) is 10.9 Å². The Hall–Kier alpha value is -3.07. The van der Waals surface area contributed by atoms with Crippen LogP contribution in [0.3, 0.4) is 0 Å². The molecular formula is C17H18N4O4S. The van der Waals surface area contributed by atoms with E-state index in [4.69, 9.17) is 15.2 Å². The molecule has 136 valence electrons. The SMILES string of the molecule is COc1cc([N+](=O)[O-])c(OC)cc1C=NN=C(N)SCc1ccccc1. The van der Waals surface area contributed by atoms with E-state index in [1.165, 1.54) is 44.3 Å². The first-order valence-electron chi connectivity index (χ1n) is 7.48. The highest BCUT2D eigenvalue weighted by molar-refractivity contribution is 8.13. The number of hydrogen-bond donors (Lipinski definition) is 1. The first kappa shape index (κ1) is 19.3. The first-order valence-corrected chi connectivity index (χ1v) is 8.47. The highest BCUT2D eigenvalue weighted by Gasteiger charge is 2.18. The molecule has 0 spiro atoms. The zero-order valence-corrected chi connectivity index (χ0v) is 15.1. The van der Waals surface area contributed by atoms with E-state index < -0.39 is 4.92 Å². The average molecular weight is 374 g/mol. The van der Waals surface area contributed by atoms with Crippen molar-refractivity contribution < 1.29 is 14.4 Å². The van der Waals surface area contributed by atoms with E-state index in [0.717, 1.165) is 5.56 Å². The lowest BCUT2D eigenvalue weighted by molar-refractivity contribution is -0.385. The summed E-state index contributed by atoms with van der Waals surface area (Å²) in [5, 5.41) is 19.2. The topological polar surface area (TPSA) is 112 Å². The smallest absolute Gasteiger partial charge is 0.314 e. The predicted octanol–water partition coefficient (Wildman–Crippen LogP) is 3.19. The number of benzene rings is 2. The second-order valence-electron chi connectivity index (χ2n) is 4.98. The van der Waals surface area contributed by atoms with Crippen molar-refractivity contribution in [1.82, 2.24) is 0 Å². The zero-order chi connectivity index (χ0) is 18.9. The van der Waals surface area contributed by atoms with Crippen molar-refractivity contribution in [3.05, 3.63) is 63.7 Å². The minimum absolute atomic E-state index is 0.104. The molecule has 26 heavy (non-hydrogen) atoms. The van der Waals surface area contributed by atoms with Gasteiger partial charge in [-0.25, -0.2) is 0 Å². The van der Waals surface area contributed by atoms with Crippen LogP contribution in [0.1, 0.15) is 11.1 Å². The Labute approximate surface area is 154 Å². The molecule has 0 fully saturated rings. The number of nitro benzene ring substituents is 1. The van der Waals surface area contributed by atoms with Crippen LogP contribution in [-0.4, -0.2) is 30.5 Å². The van der Waals surface area contributed by atoms with Crippen LogP contribution >= 0.6 is 11.8 Å². The summed E-state index contributed by atoms with van der Waals surface area (Å²) < 4.78 is 10.2. The molecule has 0 unspecified atom stereocenters. The highest BCUT2D eigenvalue weighted by Crippen LogP contribution is 2.33. The van der Waals surface area contributed by atoms with E-state index in [1.807, 2.05) is 30.3 Å². The Morgan fingerprint density at radius 1 is 1.23 bits per heavy atom. The molecule has 2 N–H and O–H groups in total. The summed E-state index contributed by atoms with van der Waals surface area (Å²) in [7, 11) is 2.77. The Kier molecular flexibility index (Phi) is 6.98. The molecule has 2 aromatic carbocycles. The minimum Gasteiger partial charge on any atom is -0.496 e. The molecule has 0 amide bonds. The summed E-state index contributed by atoms with van der Waals surface area (Å²) in [5.74, 6) is 1.07. The van der Waals surface area contributed by atoms with Crippen LogP contribution in [0.25, 0.3) is 0 Å². The predicted molar refractivity (Wildman–Crippen MR) is 103 cm³/mol. The Morgan fingerprint density at radius 2 is 1.92 bits per heavy atom. The summed E-state index contributed by atoms with van der Waals surface area (Å²) in [4.78, 5) is 10.5. The van der Waals surface area contributed by atoms with Crippen LogP contribution in [0.4, 0.5) is 5.69 Å². The monoisotopic (exact) mass is 374 g/mol. The van der Waals surface area contributed by atoms with Crippen molar-refractivity contribution >= 4 is 28.8 Å². The summed E-state index contributed by atoms with van der Waals surface area (Å²) in [6.07, 6.45) is 1.40. The molecule has 9 heteroatoms. The van der Waals surface area contributed by atoms with Gasteiger partial charge < -0.3 is 15.2 Å². The van der Waals surface area contributed by atoms with Crippen LogP contribution in [0.5, 0.6) is 11.5 Å². The fourth-order valence-electron chi connectivity index (χ4n) is 2.06. The number of nitrogens with zero attached hydrogens (tertiary/aromatic N) is 3. The van der Waals surface area contributed by atoms with E-state index in [9.17, 15) is 10.1 Å². The first-order chi connectivity index (χ1) is 12.5. The number of nitrogens with two attached hydrogens (primary N) is 1. The van der Waals surface area contributed by atoms with Gasteiger partial charge in [-0.05, 0) is 11.6 Å². The van der Waals surface area contributed by atoms with Crippen molar-refractivity contribution in [2.45, 2.75) is 5.75 Å². The molecule has 0 aromatic heterocycles. The lowest BCUT2D eigenvalue weighted by Gasteiger charge is -2.07. The quantitative estimate of drug-likeness (QED) is 0.345. The second-order valence-corrected chi connectivity index (χ2v) is 5.98. The molecule has 0 saturated carbocycles. The maximum atomic E-state index is 11.0. The third-order valence-corrected chi connectivity index (χ3v) is 4.17. The van der Waals surface area contributed by atoms with Crippen molar-refractivity contribution in [2.75, 3.05) is 14.2 Å². The average Bonchev–Trinajstić information content (AvgIpc) is 2.66. The minimum atomic E-state index is -0.543. The van der Waals surface area contributed by atoms with Crippen LogP contribution in [0, 0.1) is 10.1 Å². The van der Waals surface area contributed by atoms with Crippen molar-refractivity contribution in [2.24, 2.45) is 15.9 Å². The lowest BCUT2D eigenvalue weighted by Crippen LogP contribution is -2.06. The molecule has 0 bridgehead atoms. The summed E-state index contributed by atoms with van der Waals surface area (Å²) in [5.41, 5.74) is 7.25. The molecule has 0 heterocycles. The molecule has 0 aliphatic rings. The van der Waals surface area contributed by atoms with E-state index in [1.54, 1.807) is 0 Å². The lowest BCUT2D eigenvalue weighted by atomic mass is 10.2. The Morgan fingerprint density at radius 3 is 2.54 bits per heavy atom. The van der Waals surface area contributed by atoms with Crippen LogP contribution in [0.2, 0.25) is 0 Å². The van der Waals surface area contributed by atoms with E-state index >= 15 is 0 Å². The number of amidine groups is 1. The summed E-state index contributed by atoms with van der Waals surface area (Å²) >= 11 is 1.36. The maximum absolute atomic E-state index is 11.0. The third kappa shape index (κ3) is 5.21. The van der Waals surface area contributed by atoms with Gasteiger partial charge in [0.2, 0.25) is 0 Å². The van der Waals surface area contributed by atoms with Gasteiger partial charge in [-0.2, -0.15) is 5.10 Å². The van der Waals surface area contributed by atoms with Gasteiger partial charge in [0.1, 0.15) is 5.75 Å². The van der Waals surface area contributed by atoms with E-state index in [0.29, 0.717) is 16.5 Å². The van der Waals surface area contributed by atoms with Crippen molar-refractivity contribution in [3.63, 3.8) is 0 Å². The molecule has 2 aromatic rings. The van der Waals surface area contributed by atoms with Crippen molar-refractivity contribution in [1.29, 1.82) is 0 Å². The number of nitro groups is 1. The Balaban J connectivity index is 2.12. The Bertz CT molecular complexity index is 825. The third-order valence-electron chi connectivity index (χ3n) is 3.31. The van der Waals surface area contributed by atoms with Crippen LogP contribution < -0.4 is 15.2 Å². The molecule has 0 aliphatic carbocycles. The number of methoxy groups -OCH3 is 2. The standard InChI is InChI=1S/C17H18N4O4S/c1-24-15-9-14(21(22)23)16(25-2)8-13(15)10-19-20-17(18)26-11-12-6-4-3-5-7-12/h3-10H,11H2,1-2H3,(H2,18,20). The van der Waals surface area contributed by atoms with Gasteiger partial charge >= 0.3 is 5.69 Å². The maximum Gasteiger partial charge on any atom is 0.314 e. The number of rotatable bonds is 7. The largest absolute Gasteiger partial charge is 0.496 e. The summed E-state index contributed by atoms with van der Waals surface area (Å²) in [6, 6.07) is 12.6. The van der Waals surface area contributed by atoms with Gasteiger partial charge in [-0.1, -0.05) is 42.1 Å². The fourth-order valence-corrected chi connectivity index (χ4v) is 2.67. The normalized spacial score (nSPS) is 11.5. The van der Waals surface area contributed by atoms with Gasteiger partial charge in [-0.15, -0.1) is 5.10 Å².